The zero-order valence-corrected chi connectivity index (χ0v) is 6.41. The molecule has 0 saturated heterocycles. The molecule has 3 N–H and O–H groups in total. The fourth-order valence-corrected chi connectivity index (χ4v) is 0.591. The molecular weight excluding hydrogens is 144 g/mol. The van der Waals surface area contributed by atoms with E-state index in [-0.39, 0.29) is 17.1 Å². The lowest BCUT2D eigenvalue weighted by atomic mass is 10.2. The molecule has 0 rings (SSSR count). The van der Waals surface area contributed by atoms with Gasteiger partial charge in [-0.15, -0.1) is 0 Å². The lowest BCUT2D eigenvalue weighted by Gasteiger charge is -2.02. The molecule has 11 heavy (non-hydrogen) atoms. The van der Waals surface area contributed by atoms with Gasteiger partial charge in [-0.25, -0.2) is 0 Å². The van der Waals surface area contributed by atoms with Crippen molar-refractivity contribution in [2.24, 2.45) is 0 Å². The first-order chi connectivity index (χ1) is 5.17. The molecule has 0 fully saturated rings. The van der Waals surface area contributed by atoms with Crippen LogP contribution in [0.3, 0.4) is 0 Å². The fraction of sp³-hybridized carbons (Fsp3) is 0.250. The molecule has 0 atom stereocenters. The van der Waals surface area contributed by atoms with E-state index in [1.54, 1.807) is 6.92 Å². The molecule has 0 saturated carbocycles. The molecule has 0 aliphatic heterocycles. The Morgan fingerprint density at radius 2 is 2.00 bits per heavy atom. The summed E-state index contributed by atoms with van der Waals surface area (Å²) in [6.45, 7) is 4.48. The van der Waals surface area contributed by atoms with Gasteiger partial charge < -0.3 is 15.3 Å². The maximum atomic E-state index is 9.05. The molecule has 62 valence electrons. The zero-order valence-electron chi connectivity index (χ0n) is 6.41. The van der Waals surface area contributed by atoms with Gasteiger partial charge in [-0.3, -0.25) is 0 Å². The van der Waals surface area contributed by atoms with Gasteiger partial charge in [-0.05, 0) is 19.1 Å². The minimum Gasteiger partial charge on any atom is -0.508 e. The summed E-state index contributed by atoms with van der Waals surface area (Å²) < 4.78 is 0. The van der Waals surface area contributed by atoms with Crippen molar-refractivity contribution < 1.29 is 15.3 Å². The molecule has 0 aromatic heterocycles. The summed E-state index contributed by atoms with van der Waals surface area (Å²) in [4.78, 5) is 0. The Morgan fingerprint density at radius 1 is 1.45 bits per heavy atom. The van der Waals surface area contributed by atoms with E-state index in [9.17, 15) is 0 Å². The molecule has 3 nitrogen and oxygen atoms in total. The predicted octanol–water partition coefficient (Wildman–Crippen LogP) is 1.44. The van der Waals surface area contributed by atoms with Crippen LogP contribution >= 0.6 is 0 Å². The molecule has 0 heterocycles. The first-order valence-electron chi connectivity index (χ1n) is 3.18. The van der Waals surface area contributed by atoms with Crippen molar-refractivity contribution in [3.05, 3.63) is 35.8 Å². The molecular formula is C8H12O3. The van der Waals surface area contributed by atoms with Crippen LogP contribution in [0.25, 0.3) is 0 Å². The summed E-state index contributed by atoms with van der Waals surface area (Å²) >= 11 is 0. The Kier molecular flexibility index (Phi) is 4.07. The van der Waals surface area contributed by atoms with Crippen LogP contribution in [0.1, 0.15) is 6.92 Å². The van der Waals surface area contributed by atoms with Gasteiger partial charge in [0.15, 0.2) is 0 Å². The number of allylic oxidation sites excluding steroid dienone is 2. The normalized spacial score (nSPS) is 14.2. The summed E-state index contributed by atoms with van der Waals surface area (Å²) in [5, 5.41) is 26.7. The second-order valence-electron chi connectivity index (χ2n) is 1.90. The van der Waals surface area contributed by atoms with E-state index in [0.717, 1.165) is 6.08 Å². The SMILES string of the molecule is C=C/C(O)=C(CO)\C(O)=C/C. The van der Waals surface area contributed by atoms with Crippen LogP contribution in [0, 0.1) is 0 Å². The van der Waals surface area contributed by atoms with Gasteiger partial charge in [0.05, 0.1) is 12.2 Å². The van der Waals surface area contributed by atoms with Crippen LogP contribution in [0.4, 0.5) is 0 Å². The van der Waals surface area contributed by atoms with Crippen LogP contribution < -0.4 is 0 Å². The topological polar surface area (TPSA) is 60.7 Å². The molecule has 0 bridgehead atoms. The van der Waals surface area contributed by atoms with Crippen molar-refractivity contribution in [1.82, 2.24) is 0 Å². The van der Waals surface area contributed by atoms with Crippen LogP contribution in [0.15, 0.2) is 35.8 Å². The summed E-state index contributed by atoms with van der Waals surface area (Å²) in [6, 6.07) is 0. The summed E-state index contributed by atoms with van der Waals surface area (Å²) in [5.74, 6) is -0.340. The average Bonchev–Trinajstić information content (AvgIpc) is 2.05. The van der Waals surface area contributed by atoms with E-state index < -0.39 is 6.61 Å². The van der Waals surface area contributed by atoms with Gasteiger partial charge in [0, 0.05) is 0 Å². The highest BCUT2D eigenvalue weighted by molar-refractivity contribution is 5.31. The Balaban J connectivity index is 4.79. The standard InChI is InChI=1S/C8H12O3/c1-3-7(10)6(5-9)8(11)4-2/h3-4,9-11H,1,5H2,2H3/b7-6+,8-4+. The lowest BCUT2D eigenvalue weighted by molar-refractivity contribution is 0.300. The number of aliphatic hydroxyl groups excluding tert-OH is 3. The Hall–Kier alpha value is -1.22. The van der Waals surface area contributed by atoms with Crippen molar-refractivity contribution in [2.75, 3.05) is 6.61 Å². The average molecular weight is 156 g/mol. The smallest absolute Gasteiger partial charge is 0.124 e. The summed E-state index contributed by atoms with van der Waals surface area (Å²) in [5.41, 5.74) is 0.0856. The number of aliphatic hydroxyl groups is 3. The molecule has 0 amide bonds. The second-order valence-corrected chi connectivity index (χ2v) is 1.90. The molecule has 0 aromatic carbocycles. The molecule has 0 aliphatic carbocycles. The Labute approximate surface area is 65.6 Å². The maximum Gasteiger partial charge on any atom is 0.124 e. The van der Waals surface area contributed by atoms with E-state index >= 15 is 0 Å². The molecule has 0 aromatic rings. The van der Waals surface area contributed by atoms with E-state index in [2.05, 4.69) is 6.58 Å². The van der Waals surface area contributed by atoms with Gasteiger partial charge >= 0.3 is 0 Å². The third-order valence-corrected chi connectivity index (χ3v) is 1.24. The first-order valence-corrected chi connectivity index (χ1v) is 3.18. The van der Waals surface area contributed by atoms with Crippen LogP contribution in [0.5, 0.6) is 0 Å². The molecule has 3 heteroatoms. The van der Waals surface area contributed by atoms with E-state index in [0.29, 0.717) is 0 Å². The van der Waals surface area contributed by atoms with Crippen molar-refractivity contribution >= 4 is 0 Å². The first kappa shape index (κ1) is 9.78. The Morgan fingerprint density at radius 3 is 2.27 bits per heavy atom. The molecule has 0 aliphatic rings. The fourth-order valence-electron chi connectivity index (χ4n) is 0.591. The summed E-state index contributed by atoms with van der Waals surface area (Å²) in [7, 11) is 0. The largest absolute Gasteiger partial charge is 0.508 e. The van der Waals surface area contributed by atoms with Crippen LogP contribution in [0.2, 0.25) is 0 Å². The molecule has 0 unspecified atom stereocenters. The quantitative estimate of drug-likeness (QED) is 0.428. The molecule has 0 spiro atoms. The van der Waals surface area contributed by atoms with E-state index in [1.165, 1.54) is 6.08 Å². The van der Waals surface area contributed by atoms with Gasteiger partial charge in [-0.2, -0.15) is 0 Å². The minimum atomic E-state index is -0.409. The Bertz CT molecular complexity index is 201. The van der Waals surface area contributed by atoms with Crippen molar-refractivity contribution in [1.29, 1.82) is 0 Å². The van der Waals surface area contributed by atoms with E-state index in [1.807, 2.05) is 0 Å². The van der Waals surface area contributed by atoms with Crippen molar-refractivity contribution in [3.8, 4) is 0 Å². The van der Waals surface area contributed by atoms with Crippen molar-refractivity contribution in [2.45, 2.75) is 6.92 Å². The highest BCUT2D eigenvalue weighted by atomic mass is 16.3. The molecule has 0 radical (unpaired) electrons. The lowest BCUT2D eigenvalue weighted by Crippen LogP contribution is -1.98. The zero-order chi connectivity index (χ0) is 8.85. The van der Waals surface area contributed by atoms with Gasteiger partial charge in [0.1, 0.15) is 11.5 Å². The van der Waals surface area contributed by atoms with Crippen LogP contribution in [-0.4, -0.2) is 21.9 Å². The van der Waals surface area contributed by atoms with E-state index in [4.69, 9.17) is 15.3 Å². The third-order valence-electron chi connectivity index (χ3n) is 1.24. The predicted molar refractivity (Wildman–Crippen MR) is 43.3 cm³/mol. The second kappa shape index (κ2) is 4.57. The third kappa shape index (κ3) is 2.47. The highest BCUT2D eigenvalue weighted by Crippen LogP contribution is 2.10. The maximum absolute atomic E-state index is 9.05. The summed E-state index contributed by atoms with van der Waals surface area (Å²) in [6.07, 6.45) is 2.54. The van der Waals surface area contributed by atoms with Crippen molar-refractivity contribution in [3.63, 3.8) is 0 Å². The highest BCUT2D eigenvalue weighted by Gasteiger charge is 2.04. The number of rotatable bonds is 3. The van der Waals surface area contributed by atoms with Gasteiger partial charge in [0.25, 0.3) is 0 Å². The van der Waals surface area contributed by atoms with Gasteiger partial charge in [0.2, 0.25) is 0 Å². The van der Waals surface area contributed by atoms with Gasteiger partial charge in [-0.1, -0.05) is 6.58 Å². The minimum absolute atomic E-state index is 0.0856. The van der Waals surface area contributed by atoms with Crippen LogP contribution in [-0.2, 0) is 0 Å². The number of hydrogen-bond donors (Lipinski definition) is 3. The monoisotopic (exact) mass is 156 g/mol. The number of hydrogen-bond acceptors (Lipinski definition) is 3.